The Labute approximate surface area is 96.1 Å². The molecule has 2 nitrogen and oxygen atoms in total. The lowest BCUT2D eigenvalue weighted by Gasteiger charge is -2.17. The Bertz CT molecular complexity index is 382. The molecule has 0 bridgehead atoms. The molecule has 0 fully saturated rings. The van der Waals surface area contributed by atoms with E-state index in [0.717, 1.165) is 19.3 Å². The van der Waals surface area contributed by atoms with Crippen LogP contribution in [0.15, 0.2) is 18.2 Å². The molecule has 0 heterocycles. The van der Waals surface area contributed by atoms with Gasteiger partial charge in [-0.05, 0) is 31.0 Å². The molecule has 0 aromatic heterocycles. The minimum atomic E-state index is -0.368. The lowest BCUT2D eigenvalue weighted by molar-refractivity contribution is 0.615. The molecule has 0 spiro atoms. The highest BCUT2D eigenvalue weighted by Gasteiger charge is 2.06. The van der Waals surface area contributed by atoms with Crippen LogP contribution >= 0.6 is 0 Å². The van der Waals surface area contributed by atoms with Gasteiger partial charge in [-0.15, -0.1) is 0 Å². The number of nitriles is 1. The largest absolute Gasteiger partial charge is 0.382 e. The maximum Gasteiger partial charge on any atom is 0.126 e. The first-order chi connectivity index (χ1) is 7.69. The van der Waals surface area contributed by atoms with Gasteiger partial charge in [0.25, 0.3) is 0 Å². The van der Waals surface area contributed by atoms with E-state index in [1.807, 2.05) is 6.07 Å². The van der Waals surface area contributed by atoms with Crippen LogP contribution in [0.3, 0.4) is 0 Å². The molecule has 0 aliphatic rings. The fraction of sp³-hybridized carbons (Fsp3) is 0.462. The highest BCUT2D eigenvalue weighted by Crippen LogP contribution is 2.16. The van der Waals surface area contributed by atoms with Gasteiger partial charge in [-0.25, -0.2) is 4.39 Å². The molecule has 86 valence electrons. The zero-order valence-electron chi connectivity index (χ0n) is 9.76. The Balaban J connectivity index is 2.80. The van der Waals surface area contributed by atoms with Gasteiger partial charge < -0.3 is 5.32 Å². The average molecular weight is 220 g/mol. The third kappa shape index (κ3) is 3.54. The summed E-state index contributed by atoms with van der Waals surface area (Å²) in [6, 6.07) is 6.65. The predicted molar refractivity (Wildman–Crippen MR) is 63.7 cm³/mol. The smallest absolute Gasteiger partial charge is 0.126 e. The van der Waals surface area contributed by atoms with Crippen molar-refractivity contribution in [3.8, 4) is 6.07 Å². The minimum Gasteiger partial charge on any atom is -0.382 e. The van der Waals surface area contributed by atoms with Crippen LogP contribution < -0.4 is 5.32 Å². The van der Waals surface area contributed by atoms with E-state index in [9.17, 15) is 4.39 Å². The zero-order valence-corrected chi connectivity index (χ0v) is 9.76. The lowest BCUT2D eigenvalue weighted by Crippen LogP contribution is -2.18. The predicted octanol–water partition coefficient (Wildman–Crippen LogP) is 3.69. The van der Waals surface area contributed by atoms with Crippen LogP contribution in [0.5, 0.6) is 0 Å². The average Bonchev–Trinajstić information content (AvgIpc) is 2.27. The Kier molecular flexibility index (Phi) is 4.78. The molecule has 0 saturated carbocycles. The number of hydrogen-bond donors (Lipinski definition) is 1. The molecule has 1 rings (SSSR count). The second-order valence-electron chi connectivity index (χ2n) is 3.88. The summed E-state index contributed by atoms with van der Waals surface area (Å²) in [5.74, 6) is -0.368. The van der Waals surface area contributed by atoms with Gasteiger partial charge in [0.2, 0.25) is 0 Å². The number of hydrogen-bond acceptors (Lipinski definition) is 2. The Morgan fingerprint density at radius 1 is 1.38 bits per heavy atom. The van der Waals surface area contributed by atoms with Crippen LogP contribution in [-0.2, 0) is 0 Å². The van der Waals surface area contributed by atoms with Crippen LogP contribution in [-0.4, -0.2) is 6.04 Å². The van der Waals surface area contributed by atoms with Crippen LogP contribution in [0.1, 0.15) is 38.7 Å². The highest BCUT2D eigenvalue weighted by molar-refractivity contribution is 5.50. The van der Waals surface area contributed by atoms with E-state index in [4.69, 9.17) is 5.26 Å². The molecule has 0 aliphatic carbocycles. The van der Waals surface area contributed by atoms with Crippen molar-refractivity contribution in [2.24, 2.45) is 0 Å². The Morgan fingerprint density at radius 2 is 2.12 bits per heavy atom. The number of benzene rings is 1. The molecular weight excluding hydrogens is 203 g/mol. The summed E-state index contributed by atoms with van der Waals surface area (Å²) in [4.78, 5) is 0. The third-order valence-electron chi connectivity index (χ3n) is 2.53. The van der Waals surface area contributed by atoms with Gasteiger partial charge >= 0.3 is 0 Å². The van der Waals surface area contributed by atoms with E-state index < -0.39 is 0 Å². The summed E-state index contributed by atoms with van der Waals surface area (Å²) in [7, 11) is 0. The summed E-state index contributed by atoms with van der Waals surface area (Å²) in [6.45, 7) is 4.22. The minimum absolute atomic E-state index is 0.346. The van der Waals surface area contributed by atoms with Crippen molar-refractivity contribution in [1.29, 1.82) is 5.26 Å². The Morgan fingerprint density at radius 3 is 2.69 bits per heavy atom. The van der Waals surface area contributed by atoms with Crippen LogP contribution in [0, 0.1) is 17.1 Å². The molecule has 1 aromatic rings. The zero-order chi connectivity index (χ0) is 12.0. The van der Waals surface area contributed by atoms with E-state index >= 15 is 0 Å². The van der Waals surface area contributed by atoms with Gasteiger partial charge in [0.15, 0.2) is 0 Å². The van der Waals surface area contributed by atoms with Crippen LogP contribution in [0.4, 0.5) is 10.1 Å². The van der Waals surface area contributed by atoms with E-state index in [1.54, 1.807) is 6.07 Å². The van der Waals surface area contributed by atoms with Crippen LogP contribution in [0.2, 0.25) is 0 Å². The van der Waals surface area contributed by atoms with E-state index in [0.29, 0.717) is 17.3 Å². The monoisotopic (exact) mass is 220 g/mol. The number of halogens is 1. The Hall–Kier alpha value is -1.56. The first kappa shape index (κ1) is 12.5. The van der Waals surface area contributed by atoms with Gasteiger partial charge in [-0.1, -0.05) is 20.3 Å². The molecule has 16 heavy (non-hydrogen) atoms. The fourth-order valence-corrected chi connectivity index (χ4v) is 1.70. The van der Waals surface area contributed by atoms with Crippen molar-refractivity contribution >= 4 is 5.69 Å². The molecule has 1 aromatic carbocycles. The van der Waals surface area contributed by atoms with Crippen molar-refractivity contribution in [3.05, 3.63) is 29.6 Å². The fourth-order valence-electron chi connectivity index (χ4n) is 1.70. The number of anilines is 1. The first-order valence-electron chi connectivity index (χ1n) is 5.66. The highest BCUT2D eigenvalue weighted by atomic mass is 19.1. The molecule has 1 N–H and O–H groups in total. The normalized spacial score (nSPS) is 11.9. The number of rotatable bonds is 5. The molecular formula is C13H17FN2. The summed E-state index contributed by atoms with van der Waals surface area (Å²) in [6.07, 6.45) is 3.13. The molecule has 0 radical (unpaired) electrons. The molecule has 0 amide bonds. The summed E-state index contributed by atoms with van der Waals surface area (Å²) < 4.78 is 13.2. The third-order valence-corrected chi connectivity index (χ3v) is 2.53. The van der Waals surface area contributed by atoms with E-state index in [-0.39, 0.29) is 5.82 Å². The van der Waals surface area contributed by atoms with Crippen LogP contribution in [0.25, 0.3) is 0 Å². The quantitative estimate of drug-likeness (QED) is 0.821. The summed E-state index contributed by atoms with van der Waals surface area (Å²) in [5.41, 5.74) is 1.05. The second-order valence-corrected chi connectivity index (χ2v) is 3.88. The van der Waals surface area contributed by atoms with Crippen molar-refractivity contribution in [2.75, 3.05) is 5.32 Å². The standard InChI is InChI=1S/C13H17FN2/c1-3-5-12(4-2)16-13-7-10(9-15)6-11(14)8-13/h6-8,12,16H,3-5H2,1-2H3. The topological polar surface area (TPSA) is 35.8 Å². The SMILES string of the molecule is CCCC(CC)Nc1cc(F)cc(C#N)c1. The van der Waals surface area contributed by atoms with Crippen molar-refractivity contribution in [3.63, 3.8) is 0 Å². The maximum atomic E-state index is 13.2. The number of nitrogens with one attached hydrogen (secondary N) is 1. The number of nitrogens with zero attached hydrogens (tertiary/aromatic N) is 1. The lowest BCUT2D eigenvalue weighted by atomic mass is 10.1. The van der Waals surface area contributed by atoms with Gasteiger partial charge in [0, 0.05) is 11.7 Å². The van der Waals surface area contributed by atoms with Gasteiger partial charge in [0.05, 0.1) is 11.6 Å². The van der Waals surface area contributed by atoms with Gasteiger partial charge in [0.1, 0.15) is 5.82 Å². The van der Waals surface area contributed by atoms with Crippen molar-refractivity contribution in [2.45, 2.75) is 39.2 Å². The van der Waals surface area contributed by atoms with Gasteiger partial charge in [-0.3, -0.25) is 0 Å². The molecule has 0 aliphatic heterocycles. The molecule has 3 heteroatoms. The van der Waals surface area contributed by atoms with Gasteiger partial charge in [-0.2, -0.15) is 5.26 Å². The maximum absolute atomic E-state index is 13.2. The molecule has 0 saturated heterocycles. The van der Waals surface area contributed by atoms with E-state index in [2.05, 4.69) is 19.2 Å². The van der Waals surface area contributed by atoms with E-state index in [1.165, 1.54) is 12.1 Å². The molecule has 1 unspecified atom stereocenters. The first-order valence-corrected chi connectivity index (χ1v) is 5.66. The summed E-state index contributed by atoms with van der Waals surface area (Å²) in [5, 5.41) is 12.0. The van der Waals surface area contributed by atoms with Crippen molar-refractivity contribution in [1.82, 2.24) is 0 Å². The second kappa shape index (κ2) is 6.12. The summed E-state index contributed by atoms with van der Waals surface area (Å²) >= 11 is 0. The molecule has 1 atom stereocenters. The van der Waals surface area contributed by atoms with Crippen molar-refractivity contribution < 1.29 is 4.39 Å².